The molecule has 0 fully saturated rings. The predicted molar refractivity (Wildman–Crippen MR) is 142 cm³/mol. The maximum atomic E-state index is 13.6. The zero-order chi connectivity index (χ0) is 26.0. The minimum Gasteiger partial charge on any atom is -0.354 e. The molecule has 2 rings (SSSR count). The fourth-order valence-electron chi connectivity index (χ4n) is 4.08. The summed E-state index contributed by atoms with van der Waals surface area (Å²) in [4.78, 5) is 28.2. The van der Waals surface area contributed by atoms with Crippen molar-refractivity contribution >= 4 is 27.5 Å². The van der Waals surface area contributed by atoms with E-state index in [9.17, 15) is 18.0 Å². The molecule has 0 saturated heterocycles. The van der Waals surface area contributed by atoms with Crippen molar-refractivity contribution in [3.05, 3.63) is 65.2 Å². The van der Waals surface area contributed by atoms with E-state index in [1.807, 2.05) is 70.2 Å². The number of hydrogen-bond donors (Lipinski definition) is 1. The quantitative estimate of drug-likeness (QED) is 0.423. The van der Waals surface area contributed by atoms with Gasteiger partial charge in [-0.15, -0.1) is 0 Å². The molecule has 1 N–H and O–H groups in total. The van der Waals surface area contributed by atoms with Gasteiger partial charge in [-0.2, -0.15) is 0 Å². The Morgan fingerprint density at radius 3 is 2.29 bits per heavy atom. The van der Waals surface area contributed by atoms with Crippen LogP contribution in [0.25, 0.3) is 0 Å². The van der Waals surface area contributed by atoms with E-state index in [0.29, 0.717) is 31.6 Å². The van der Waals surface area contributed by atoms with Gasteiger partial charge in [-0.3, -0.25) is 13.9 Å². The van der Waals surface area contributed by atoms with E-state index in [-0.39, 0.29) is 12.5 Å². The Bertz CT molecular complexity index is 1090. The fraction of sp³-hybridized carbons (Fsp3) is 0.481. The van der Waals surface area contributed by atoms with Gasteiger partial charge < -0.3 is 10.2 Å². The summed E-state index contributed by atoms with van der Waals surface area (Å²) >= 11 is 0. The van der Waals surface area contributed by atoms with Crippen LogP contribution in [-0.4, -0.2) is 57.1 Å². The van der Waals surface area contributed by atoms with Gasteiger partial charge in [0.25, 0.3) is 0 Å². The first kappa shape index (κ1) is 28.4. The molecule has 0 aliphatic heterocycles. The third-order valence-corrected chi connectivity index (χ3v) is 7.13. The third-order valence-electron chi connectivity index (χ3n) is 6.00. The molecule has 35 heavy (non-hydrogen) atoms. The van der Waals surface area contributed by atoms with Gasteiger partial charge in [-0.05, 0) is 50.3 Å². The monoisotopic (exact) mass is 501 g/mol. The molecular formula is C27H39N3O4S. The Hall–Kier alpha value is -2.87. The molecule has 0 bridgehead atoms. The van der Waals surface area contributed by atoms with Crippen LogP contribution in [0.2, 0.25) is 0 Å². The van der Waals surface area contributed by atoms with Crippen LogP contribution in [-0.2, 0) is 26.0 Å². The molecule has 0 aromatic heterocycles. The van der Waals surface area contributed by atoms with Crippen molar-refractivity contribution in [2.45, 2.75) is 59.4 Å². The molecule has 0 spiro atoms. The number of aryl methyl sites for hydroxylation is 2. The number of hydrogen-bond acceptors (Lipinski definition) is 4. The molecule has 192 valence electrons. The van der Waals surface area contributed by atoms with Crippen molar-refractivity contribution in [3.63, 3.8) is 0 Å². The average Bonchev–Trinajstić information content (AvgIpc) is 2.80. The summed E-state index contributed by atoms with van der Waals surface area (Å²) in [5.74, 6) is -0.608. The molecule has 0 aliphatic rings. The molecular weight excluding hydrogens is 462 g/mol. The van der Waals surface area contributed by atoms with Crippen LogP contribution in [0.3, 0.4) is 0 Å². The number of sulfonamides is 1. The highest BCUT2D eigenvalue weighted by molar-refractivity contribution is 7.92. The van der Waals surface area contributed by atoms with Crippen LogP contribution >= 0.6 is 0 Å². The molecule has 8 heteroatoms. The highest BCUT2D eigenvalue weighted by Gasteiger charge is 2.31. The number of rotatable bonds is 13. The lowest BCUT2D eigenvalue weighted by Gasteiger charge is -2.33. The van der Waals surface area contributed by atoms with Gasteiger partial charge in [-0.25, -0.2) is 8.42 Å². The molecule has 1 unspecified atom stereocenters. The highest BCUT2D eigenvalue weighted by Crippen LogP contribution is 2.24. The SMILES string of the molecule is CCCCNC(=O)C(CC)N(CCc1ccccc1)C(=O)CN(c1ccc(C)cc1C)S(C)(=O)=O. The molecule has 2 aromatic rings. The fourth-order valence-corrected chi connectivity index (χ4v) is 4.99. The first-order valence-corrected chi connectivity index (χ1v) is 14.1. The Labute approximate surface area is 210 Å². The van der Waals surface area contributed by atoms with E-state index in [0.717, 1.165) is 40.1 Å². The normalized spacial score (nSPS) is 12.1. The minimum absolute atomic E-state index is 0.209. The van der Waals surface area contributed by atoms with Gasteiger partial charge in [0.15, 0.2) is 0 Å². The van der Waals surface area contributed by atoms with Crippen molar-refractivity contribution in [2.75, 3.05) is 30.2 Å². The number of nitrogens with one attached hydrogen (secondary N) is 1. The first-order valence-electron chi connectivity index (χ1n) is 12.2. The van der Waals surface area contributed by atoms with Crippen molar-refractivity contribution < 1.29 is 18.0 Å². The number of carbonyl (C=O) groups is 2. The van der Waals surface area contributed by atoms with Crippen LogP contribution in [0.1, 0.15) is 49.8 Å². The molecule has 0 saturated carbocycles. The van der Waals surface area contributed by atoms with E-state index in [1.165, 1.54) is 4.90 Å². The van der Waals surface area contributed by atoms with Gasteiger partial charge in [0.05, 0.1) is 11.9 Å². The second kappa shape index (κ2) is 13.3. The van der Waals surface area contributed by atoms with E-state index >= 15 is 0 Å². The molecule has 7 nitrogen and oxygen atoms in total. The summed E-state index contributed by atoms with van der Waals surface area (Å²) in [5, 5.41) is 2.93. The number of benzene rings is 2. The topological polar surface area (TPSA) is 86.8 Å². The van der Waals surface area contributed by atoms with Crippen LogP contribution < -0.4 is 9.62 Å². The molecule has 0 heterocycles. The zero-order valence-corrected chi connectivity index (χ0v) is 22.4. The van der Waals surface area contributed by atoms with Gasteiger partial charge >= 0.3 is 0 Å². The van der Waals surface area contributed by atoms with E-state index in [4.69, 9.17) is 0 Å². The smallest absolute Gasteiger partial charge is 0.244 e. The summed E-state index contributed by atoms with van der Waals surface area (Å²) in [6.07, 6.45) is 3.90. The van der Waals surface area contributed by atoms with Gasteiger partial charge in [0.1, 0.15) is 12.6 Å². The predicted octanol–water partition coefficient (Wildman–Crippen LogP) is 3.84. The van der Waals surface area contributed by atoms with Crippen molar-refractivity contribution in [3.8, 4) is 0 Å². The highest BCUT2D eigenvalue weighted by atomic mass is 32.2. The van der Waals surface area contributed by atoms with Crippen LogP contribution in [0.4, 0.5) is 5.69 Å². The van der Waals surface area contributed by atoms with Gasteiger partial charge in [0, 0.05) is 13.1 Å². The van der Waals surface area contributed by atoms with Gasteiger partial charge in [-0.1, -0.05) is 68.3 Å². The van der Waals surface area contributed by atoms with Crippen molar-refractivity contribution in [1.29, 1.82) is 0 Å². The molecule has 2 amide bonds. The first-order chi connectivity index (χ1) is 16.6. The molecule has 0 aliphatic carbocycles. The van der Waals surface area contributed by atoms with E-state index in [2.05, 4.69) is 5.32 Å². The summed E-state index contributed by atoms with van der Waals surface area (Å²) in [5.41, 5.74) is 3.28. The lowest BCUT2D eigenvalue weighted by Crippen LogP contribution is -2.53. The standard InChI is InChI=1S/C27H39N3O4S/c1-6-8-17-28-27(32)24(7-2)29(18-16-23-12-10-9-11-13-23)26(31)20-30(35(5,33)34)25-15-14-21(3)19-22(25)4/h9-15,19,24H,6-8,16-18,20H2,1-5H3,(H,28,32). The van der Waals surface area contributed by atoms with Gasteiger partial charge in [0.2, 0.25) is 21.8 Å². The van der Waals surface area contributed by atoms with E-state index < -0.39 is 22.0 Å². The Morgan fingerprint density at radius 1 is 1.03 bits per heavy atom. The lowest BCUT2D eigenvalue weighted by molar-refractivity contribution is -0.139. The number of unbranched alkanes of at least 4 members (excludes halogenated alkanes) is 1. The average molecular weight is 502 g/mol. The minimum atomic E-state index is -3.73. The largest absolute Gasteiger partial charge is 0.354 e. The number of amides is 2. The number of nitrogens with zero attached hydrogens (tertiary/aromatic N) is 2. The Morgan fingerprint density at radius 2 is 1.71 bits per heavy atom. The number of anilines is 1. The second-order valence-electron chi connectivity index (χ2n) is 8.95. The summed E-state index contributed by atoms with van der Waals surface area (Å²) in [6, 6.07) is 14.5. The second-order valence-corrected chi connectivity index (χ2v) is 10.9. The van der Waals surface area contributed by atoms with Crippen LogP contribution in [0.15, 0.2) is 48.5 Å². The lowest BCUT2D eigenvalue weighted by atomic mass is 10.1. The Kier molecular flexibility index (Phi) is 10.8. The molecule has 0 radical (unpaired) electrons. The van der Waals surface area contributed by atoms with Crippen molar-refractivity contribution in [1.82, 2.24) is 10.2 Å². The molecule has 1 atom stereocenters. The Balaban J connectivity index is 2.35. The maximum absolute atomic E-state index is 13.6. The third kappa shape index (κ3) is 8.38. The van der Waals surface area contributed by atoms with E-state index in [1.54, 1.807) is 6.07 Å². The van der Waals surface area contributed by atoms with Crippen LogP contribution in [0.5, 0.6) is 0 Å². The number of carbonyl (C=O) groups excluding carboxylic acids is 2. The maximum Gasteiger partial charge on any atom is 0.244 e. The van der Waals surface area contributed by atoms with Crippen molar-refractivity contribution in [2.24, 2.45) is 0 Å². The summed E-state index contributed by atoms with van der Waals surface area (Å²) < 4.78 is 26.6. The summed E-state index contributed by atoms with van der Waals surface area (Å²) in [6.45, 7) is 8.17. The zero-order valence-electron chi connectivity index (χ0n) is 21.6. The van der Waals surface area contributed by atoms with Crippen LogP contribution in [0, 0.1) is 13.8 Å². The summed E-state index contributed by atoms with van der Waals surface area (Å²) in [7, 11) is -3.73. The molecule has 2 aromatic carbocycles.